The fraction of sp³-hybridized carbons (Fsp3) is 0. The summed E-state index contributed by atoms with van der Waals surface area (Å²) < 4.78 is 0. The van der Waals surface area contributed by atoms with Crippen LogP contribution < -0.4 is 37.6 Å². The van der Waals surface area contributed by atoms with Gasteiger partial charge in [0, 0.05) is 0 Å². The third kappa shape index (κ3) is 12.0. The van der Waals surface area contributed by atoms with E-state index >= 15 is 0 Å². The van der Waals surface area contributed by atoms with Gasteiger partial charge in [-0.25, -0.2) is 0 Å². The molecule has 0 aliphatic heterocycles. The fourth-order valence-corrected chi connectivity index (χ4v) is 10.2. The number of halogens is 1. The molecule has 0 atom stereocenters. The quantitative estimate of drug-likeness (QED) is 0.0589. The van der Waals surface area contributed by atoms with Crippen LogP contribution in [0.25, 0.3) is 0 Å². The molecule has 0 unspecified atom stereocenters. The molecule has 0 saturated carbocycles. The summed E-state index contributed by atoms with van der Waals surface area (Å²) in [6.45, 7) is 0. The molecule has 0 fully saturated rings. The second kappa shape index (κ2) is 21.5. The molecular weight excluding hydrogens is 814 g/mol. The van der Waals surface area contributed by atoms with Gasteiger partial charge in [-0.3, -0.25) is 0 Å². The number of hydrogen-bond donors (Lipinski definition) is 1. The molecule has 7 aromatic rings. The maximum Gasteiger partial charge on any atom is 0.102 e. The number of hydrogen-bond acceptors (Lipinski definition) is 1. The molecule has 0 bridgehead atoms. The number of anilines is 1. The van der Waals surface area contributed by atoms with E-state index in [9.17, 15) is 0 Å². The van der Waals surface area contributed by atoms with Crippen molar-refractivity contribution in [1.82, 2.24) is 0 Å². The second-order valence-corrected chi connectivity index (χ2v) is 15.2. The number of rotatable bonds is 6. The second-order valence-electron chi connectivity index (χ2n) is 10.3. The Morgan fingerprint density at radius 2 is 0.553 bits per heavy atom. The Labute approximate surface area is 304 Å². The van der Waals surface area contributed by atoms with Crippen LogP contribution in [0.4, 0.5) is 5.69 Å². The van der Waals surface area contributed by atoms with Crippen LogP contribution in [0.5, 0.6) is 0 Å². The van der Waals surface area contributed by atoms with E-state index < -0.39 is 15.8 Å². The molecule has 5 heteroatoms. The minimum Gasteiger partial charge on any atom is -0.0620 e. The monoisotopic (exact) mass is 851 g/mol. The molecule has 7 rings (SSSR count). The van der Waals surface area contributed by atoms with Crippen LogP contribution in [0.2, 0.25) is 0 Å². The predicted molar refractivity (Wildman–Crippen MR) is 217 cm³/mol. The summed E-state index contributed by atoms with van der Waals surface area (Å²) in [5.41, 5.74) is 6.00. The van der Waals surface area contributed by atoms with Crippen LogP contribution in [0.15, 0.2) is 206 Å². The van der Waals surface area contributed by atoms with E-state index in [-0.39, 0.29) is 0 Å². The van der Waals surface area contributed by atoms with E-state index in [0.29, 0.717) is 5.69 Å². The van der Waals surface area contributed by atoms with Crippen LogP contribution in [-0.2, 0) is 15.6 Å². The van der Waals surface area contributed by atoms with E-state index in [1.165, 1.54) is 31.8 Å². The Hall–Kier alpha value is -3.41. The number of nitrogens with two attached hydrogens (primary N) is 1. The molecule has 0 heterocycles. The van der Waals surface area contributed by atoms with Crippen molar-refractivity contribution >= 4 is 72.9 Å². The summed E-state index contributed by atoms with van der Waals surface area (Å²) >= 11 is 4.72. The largest absolute Gasteiger partial charge is 0.102 e. The third-order valence-electron chi connectivity index (χ3n) is 7.11. The van der Waals surface area contributed by atoms with Gasteiger partial charge in [0.15, 0.2) is 0 Å². The molecule has 0 aliphatic rings. The van der Waals surface area contributed by atoms with Crippen molar-refractivity contribution in [2.75, 3.05) is 5.73 Å². The van der Waals surface area contributed by atoms with Crippen molar-refractivity contribution < 1.29 is 15.6 Å². The summed E-state index contributed by atoms with van der Waals surface area (Å²) in [5, 5.41) is 8.61. The number of nitrogen functional groups attached to an aromatic ring is 1. The Morgan fingerprint density at radius 1 is 0.340 bits per heavy atom. The van der Waals surface area contributed by atoms with E-state index in [2.05, 4.69) is 204 Å². The van der Waals surface area contributed by atoms with Crippen molar-refractivity contribution in [3.63, 3.8) is 0 Å². The van der Waals surface area contributed by atoms with Gasteiger partial charge in [0.05, 0.1) is 15.8 Å². The molecule has 1 nitrogen and oxygen atoms in total. The van der Waals surface area contributed by atoms with Crippen LogP contribution in [0.3, 0.4) is 0 Å². The van der Waals surface area contributed by atoms with Gasteiger partial charge in [-0.2, -0.15) is 24.3 Å². The molecule has 0 radical (unpaired) electrons. The first-order chi connectivity index (χ1) is 23.3. The first-order valence-corrected chi connectivity index (χ1v) is 22.8. The van der Waals surface area contributed by atoms with Gasteiger partial charge >= 0.3 is 35.1 Å². The van der Waals surface area contributed by atoms with Crippen LogP contribution >= 0.6 is 35.4 Å². The normalized spacial score (nSPS) is 9.98. The predicted octanol–water partition coefficient (Wildman–Crippen LogP) is 8.31. The van der Waals surface area contributed by atoms with Gasteiger partial charge < -0.3 is 5.73 Å². The summed E-state index contributed by atoms with van der Waals surface area (Å²) in [7, 11) is -1.75. The van der Waals surface area contributed by atoms with Crippen LogP contribution in [-0.4, -0.2) is 0 Å². The summed E-state index contributed by atoms with van der Waals surface area (Å²) in [6.07, 6.45) is 0. The van der Waals surface area contributed by atoms with E-state index in [1.807, 2.05) is 31.6 Å². The van der Waals surface area contributed by atoms with Crippen LogP contribution in [0, 0.1) is 6.07 Å². The number of para-hydroxylation sites is 1. The molecule has 7 aromatic carbocycles. The molecule has 236 valence electrons. The van der Waals surface area contributed by atoms with Crippen molar-refractivity contribution in [2.24, 2.45) is 0 Å². The van der Waals surface area contributed by atoms with E-state index in [4.69, 9.17) is 5.73 Å². The maximum absolute atomic E-state index is 5.30. The molecule has 0 saturated heterocycles. The molecule has 0 aromatic heterocycles. The standard InChI is InChI=1S/2C18H15P.C6H6N.HI.Pd/c2*1-4-10-16(11-5-1)19(17-12-6-2-7-13-17)18-14-8-3-9-15-18;7-6-4-2-1-3-5-6;;/h2*1-15H;1-4H,7H2;1H;/q;;-1;;+2/p+1. The Bertz CT molecular complexity index is 1480. The Kier molecular flexibility index (Phi) is 16.6. The number of benzene rings is 7. The van der Waals surface area contributed by atoms with E-state index in [0.717, 1.165) is 0 Å². The summed E-state index contributed by atoms with van der Waals surface area (Å²) in [5.74, 6) is 0. The Morgan fingerprint density at radius 3 is 0.702 bits per heavy atom. The summed E-state index contributed by atoms with van der Waals surface area (Å²) in [6, 6.07) is 75.2. The summed E-state index contributed by atoms with van der Waals surface area (Å²) in [4.78, 5) is 0. The Balaban J connectivity index is 0.000000170. The van der Waals surface area contributed by atoms with Gasteiger partial charge in [-0.15, -0.1) is 6.07 Å². The zero-order valence-corrected chi connectivity index (χ0v) is 31.6. The molecular formula is C42H38INP2Pd+2. The molecule has 2 N–H and O–H groups in total. The average Bonchev–Trinajstić information content (AvgIpc) is 3.16. The third-order valence-corrected chi connectivity index (χ3v) is 12.6. The van der Waals surface area contributed by atoms with Crippen LogP contribution in [0.1, 0.15) is 0 Å². The first kappa shape index (κ1) is 36.4. The van der Waals surface area contributed by atoms with Gasteiger partial charge in [0.1, 0.15) is 31.8 Å². The molecule has 47 heavy (non-hydrogen) atoms. The molecule has 0 amide bonds. The van der Waals surface area contributed by atoms with Crippen molar-refractivity contribution in [1.29, 1.82) is 0 Å². The van der Waals surface area contributed by atoms with Crippen molar-refractivity contribution in [3.8, 4) is 0 Å². The van der Waals surface area contributed by atoms with Gasteiger partial charge in [-0.1, -0.05) is 115 Å². The van der Waals surface area contributed by atoms with Gasteiger partial charge in [0.25, 0.3) is 0 Å². The van der Waals surface area contributed by atoms with E-state index in [1.54, 1.807) is 12.1 Å². The SMILES string of the molecule is Nc1[c-]cccc1.[Pd+][I].c1ccc([PH+](c2ccccc2)c2ccccc2)cc1.c1ccc([PH+](c2ccccc2)c2ccccc2)cc1. The smallest absolute Gasteiger partial charge is 0.0620 e. The minimum absolute atomic E-state index is 0.697. The topological polar surface area (TPSA) is 26.0 Å². The first-order valence-electron chi connectivity index (χ1n) is 15.2. The maximum atomic E-state index is 5.30. The average molecular weight is 852 g/mol. The minimum atomic E-state index is -0.877. The van der Waals surface area contributed by atoms with Crippen molar-refractivity contribution in [2.45, 2.75) is 0 Å². The zero-order valence-electron chi connectivity index (χ0n) is 25.9. The molecule has 0 spiro atoms. The molecule has 0 aliphatic carbocycles. The zero-order chi connectivity index (χ0) is 32.9. The van der Waals surface area contributed by atoms with Crippen molar-refractivity contribution in [3.05, 3.63) is 212 Å². The fourth-order valence-electron chi connectivity index (χ4n) is 5.04. The van der Waals surface area contributed by atoms with Gasteiger partial charge in [0.2, 0.25) is 0 Å². The van der Waals surface area contributed by atoms with Gasteiger partial charge in [-0.05, 0) is 72.8 Å².